The highest BCUT2D eigenvalue weighted by molar-refractivity contribution is 6.11. The lowest BCUT2D eigenvalue weighted by Gasteiger charge is -2.14. The summed E-state index contributed by atoms with van der Waals surface area (Å²) in [5.74, 6) is 1.02. The summed E-state index contributed by atoms with van der Waals surface area (Å²) in [6.45, 7) is 0. The van der Waals surface area contributed by atoms with Gasteiger partial charge in [0.25, 0.3) is 0 Å². The van der Waals surface area contributed by atoms with Crippen molar-refractivity contribution in [1.29, 1.82) is 5.41 Å². The average Bonchev–Trinajstić information content (AvgIpc) is 3.04. The summed E-state index contributed by atoms with van der Waals surface area (Å²) in [6, 6.07) is 17.9. The van der Waals surface area contributed by atoms with Crippen LogP contribution >= 0.6 is 0 Å². The average molecular weight is 315 g/mol. The number of hydrogen-bond donors (Lipinski definition) is 3. The van der Waals surface area contributed by atoms with E-state index in [-0.39, 0.29) is 5.96 Å². The van der Waals surface area contributed by atoms with Gasteiger partial charge in [0.1, 0.15) is 5.75 Å². The molecule has 24 heavy (non-hydrogen) atoms. The van der Waals surface area contributed by atoms with Crippen LogP contribution in [-0.2, 0) is 0 Å². The zero-order valence-corrected chi connectivity index (χ0v) is 13.3. The molecule has 3 aromatic rings. The Bertz CT molecular complexity index is 959. The largest absolute Gasteiger partial charge is 0.497 e. The van der Waals surface area contributed by atoms with Gasteiger partial charge >= 0.3 is 0 Å². The minimum Gasteiger partial charge on any atom is -0.497 e. The quantitative estimate of drug-likeness (QED) is 0.376. The molecule has 0 saturated carbocycles. The second-order valence-corrected chi connectivity index (χ2v) is 5.66. The van der Waals surface area contributed by atoms with Crippen molar-refractivity contribution in [3.8, 4) is 5.75 Å². The maximum absolute atomic E-state index is 8.18. The lowest BCUT2D eigenvalue weighted by molar-refractivity contribution is 0.415. The normalized spacial score (nSPS) is 11.5. The van der Waals surface area contributed by atoms with Gasteiger partial charge in [-0.15, -0.1) is 0 Å². The Balaban J connectivity index is 1.56. The van der Waals surface area contributed by atoms with Gasteiger partial charge in [0.15, 0.2) is 5.96 Å². The minimum atomic E-state index is 0.230. The van der Waals surface area contributed by atoms with Gasteiger partial charge < -0.3 is 15.4 Å². The third-order valence-corrected chi connectivity index (χ3v) is 4.17. The Hall–Kier alpha value is -3.27. The topological polar surface area (TPSA) is 57.1 Å². The van der Waals surface area contributed by atoms with Crippen LogP contribution in [0.15, 0.2) is 54.6 Å². The molecule has 0 aliphatic heterocycles. The van der Waals surface area contributed by atoms with Crippen molar-refractivity contribution in [3.05, 3.63) is 65.7 Å². The number of hydrogen-bond acceptors (Lipinski definition) is 2. The van der Waals surface area contributed by atoms with E-state index in [2.05, 4.69) is 47.1 Å². The summed E-state index contributed by atoms with van der Waals surface area (Å²) in [4.78, 5) is 0. The second kappa shape index (κ2) is 5.74. The summed E-state index contributed by atoms with van der Waals surface area (Å²) in [5, 5.41) is 16.8. The monoisotopic (exact) mass is 315 g/mol. The van der Waals surface area contributed by atoms with Crippen LogP contribution in [0.3, 0.4) is 0 Å². The van der Waals surface area contributed by atoms with Crippen molar-refractivity contribution in [1.82, 2.24) is 0 Å². The van der Waals surface area contributed by atoms with Crippen molar-refractivity contribution in [3.63, 3.8) is 0 Å². The highest BCUT2D eigenvalue weighted by atomic mass is 16.5. The van der Waals surface area contributed by atoms with Crippen LogP contribution in [-0.4, -0.2) is 13.1 Å². The minimum absolute atomic E-state index is 0.230. The Kier molecular flexibility index (Phi) is 3.43. The lowest BCUT2D eigenvalue weighted by Crippen LogP contribution is -2.20. The molecule has 4 heteroatoms. The zero-order valence-electron chi connectivity index (χ0n) is 13.3. The summed E-state index contributed by atoms with van der Waals surface area (Å²) in [7, 11) is 1.64. The number of methoxy groups -OCH3 is 1. The second-order valence-electron chi connectivity index (χ2n) is 5.66. The van der Waals surface area contributed by atoms with Gasteiger partial charge in [-0.05, 0) is 46.7 Å². The van der Waals surface area contributed by atoms with Crippen LogP contribution in [0.2, 0.25) is 0 Å². The van der Waals surface area contributed by atoms with Crippen molar-refractivity contribution >= 4 is 40.3 Å². The first kappa shape index (κ1) is 14.3. The Morgan fingerprint density at radius 2 is 1.75 bits per heavy atom. The van der Waals surface area contributed by atoms with Crippen LogP contribution in [0.25, 0.3) is 22.9 Å². The summed E-state index contributed by atoms with van der Waals surface area (Å²) >= 11 is 0. The third kappa shape index (κ3) is 2.48. The first-order valence-electron chi connectivity index (χ1n) is 7.75. The van der Waals surface area contributed by atoms with Crippen LogP contribution in [0, 0.1) is 5.41 Å². The number of ether oxygens (including phenoxy) is 1. The molecule has 0 amide bonds. The van der Waals surface area contributed by atoms with Crippen LogP contribution in [0.5, 0.6) is 5.75 Å². The predicted octanol–water partition coefficient (Wildman–Crippen LogP) is 4.79. The Morgan fingerprint density at radius 3 is 2.54 bits per heavy atom. The number of nitrogens with one attached hydrogen (secondary N) is 3. The van der Waals surface area contributed by atoms with Gasteiger partial charge in [0, 0.05) is 16.9 Å². The Morgan fingerprint density at radius 1 is 0.917 bits per heavy atom. The van der Waals surface area contributed by atoms with Crippen LogP contribution in [0.1, 0.15) is 11.1 Å². The first-order valence-corrected chi connectivity index (χ1v) is 7.75. The van der Waals surface area contributed by atoms with Crippen LogP contribution in [0.4, 0.5) is 11.4 Å². The molecule has 118 valence electrons. The summed E-state index contributed by atoms with van der Waals surface area (Å²) in [5.41, 5.74) is 4.11. The molecule has 0 heterocycles. The number of anilines is 2. The molecule has 0 saturated heterocycles. The fourth-order valence-corrected chi connectivity index (χ4v) is 3.01. The van der Waals surface area contributed by atoms with Gasteiger partial charge in [0.2, 0.25) is 0 Å². The van der Waals surface area contributed by atoms with Gasteiger partial charge in [-0.25, -0.2) is 0 Å². The molecule has 4 nitrogen and oxygen atoms in total. The van der Waals surface area contributed by atoms with Gasteiger partial charge in [-0.1, -0.05) is 36.4 Å². The number of benzene rings is 3. The van der Waals surface area contributed by atoms with E-state index >= 15 is 0 Å². The van der Waals surface area contributed by atoms with Gasteiger partial charge in [0.05, 0.1) is 7.11 Å². The van der Waals surface area contributed by atoms with E-state index in [1.165, 1.54) is 16.3 Å². The molecule has 0 radical (unpaired) electrons. The molecule has 1 aliphatic carbocycles. The molecule has 3 aromatic carbocycles. The van der Waals surface area contributed by atoms with E-state index in [9.17, 15) is 0 Å². The highest BCUT2D eigenvalue weighted by Crippen LogP contribution is 2.35. The van der Waals surface area contributed by atoms with E-state index in [0.717, 1.165) is 22.7 Å². The molecule has 0 spiro atoms. The van der Waals surface area contributed by atoms with E-state index in [1.54, 1.807) is 7.11 Å². The smallest absolute Gasteiger partial charge is 0.197 e. The summed E-state index contributed by atoms with van der Waals surface area (Å²) in [6.07, 6.45) is 4.21. The first-order chi connectivity index (χ1) is 11.7. The SMILES string of the molecule is COc1ccc(NC(=N)Nc2ccc3cccc4c3c2C=C4)cc1. The van der Waals surface area contributed by atoms with Gasteiger partial charge in [-0.2, -0.15) is 0 Å². The van der Waals surface area contributed by atoms with Crippen molar-refractivity contribution in [2.24, 2.45) is 0 Å². The van der Waals surface area contributed by atoms with Crippen molar-refractivity contribution in [2.45, 2.75) is 0 Å². The molecule has 0 bridgehead atoms. The number of guanidine groups is 1. The molecule has 0 unspecified atom stereocenters. The predicted molar refractivity (Wildman–Crippen MR) is 101 cm³/mol. The van der Waals surface area contributed by atoms with E-state index in [4.69, 9.17) is 10.1 Å². The molecule has 1 aliphatic rings. The fourth-order valence-electron chi connectivity index (χ4n) is 3.01. The maximum Gasteiger partial charge on any atom is 0.197 e. The summed E-state index contributed by atoms with van der Waals surface area (Å²) < 4.78 is 5.14. The molecule has 0 aromatic heterocycles. The van der Waals surface area contributed by atoms with Gasteiger partial charge in [-0.3, -0.25) is 5.41 Å². The molecule has 0 atom stereocenters. The molecular formula is C20H17N3O. The van der Waals surface area contributed by atoms with E-state index in [1.807, 2.05) is 30.3 Å². The number of rotatable bonds is 3. The molecule has 3 N–H and O–H groups in total. The molecule has 4 rings (SSSR count). The maximum atomic E-state index is 8.18. The van der Waals surface area contributed by atoms with Crippen LogP contribution < -0.4 is 15.4 Å². The Labute approximate surface area is 140 Å². The standard InChI is InChI=1S/C20H17N3O/c1-24-16-9-7-15(8-10-16)22-20(21)23-18-12-6-14-4-2-3-13-5-11-17(18)19(13)14/h2-12H,1H3,(H3,21,22,23). The molecular weight excluding hydrogens is 298 g/mol. The fraction of sp³-hybridized carbons (Fsp3) is 0.0500. The van der Waals surface area contributed by atoms with Crippen molar-refractivity contribution < 1.29 is 4.74 Å². The van der Waals surface area contributed by atoms with Crippen molar-refractivity contribution in [2.75, 3.05) is 17.7 Å². The van der Waals surface area contributed by atoms with E-state index in [0.29, 0.717) is 0 Å². The van der Waals surface area contributed by atoms with E-state index < -0.39 is 0 Å². The lowest BCUT2D eigenvalue weighted by atomic mass is 10.0. The zero-order chi connectivity index (χ0) is 16.5. The third-order valence-electron chi connectivity index (χ3n) is 4.17. The highest BCUT2D eigenvalue weighted by Gasteiger charge is 2.13. The molecule has 0 fully saturated rings.